The number of nitrogens with zero attached hydrogens (tertiary/aromatic N) is 1. The molecule has 0 aromatic heterocycles. The summed E-state index contributed by atoms with van der Waals surface area (Å²) in [4.78, 5) is 25.6. The third-order valence-electron chi connectivity index (χ3n) is 3.74. The topological polar surface area (TPSA) is 79.9 Å². The molecule has 7 heteroatoms. The van der Waals surface area contributed by atoms with Crippen molar-refractivity contribution in [1.29, 1.82) is 0 Å². The zero-order chi connectivity index (χ0) is 18.7. The predicted octanol–water partition coefficient (Wildman–Crippen LogP) is 2.15. The molecule has 0 aliphatic carbocycles. The number of amides is 3. The summed E-state index contributed by atoms with van der Waals surface area (Å²) in [5.74, 6) is 0.989. The first-order valence-corrected chi connectivity index (χ1v) is 8.54. The van der Waals surface area contributed by atoms with Crippen LogP contribution in [0.3, 0.4) is 0 Å². The lowest BCUT2D eigenvalue weighted by molar-refractivity contribution is -0.121. The van der Waals surface area contributed by atoms with Gasteiger partial charge in [0.2, 0.25) is 5.91 Å². The van der Waals surface area contributed by atoms with Gasteiger partial charge in [0.25, 0.3) is 0 Å². The van der Waals surface area contributed by atoms with Crippen molar-refractivity contribution in [2.75, 3.05) is 33.9 Å². The summed E-state index contributed by atoms with van der Waals surface area (Å²) in [5.41, 5.74) is 1.000. The molecule has 140 valence electrons. The second-order valence-corrected chi connectivity index (χ2v) is 5.65. The molecule has 7 nitrogen and oxygen atoms in total. The predicted molar refractivity (Wildman–Crippen MR) is 96.9 cm³/mol. The van der Waals surface area contributed by atoms with E-state index in [0.717, 1.165) is 18.4 Å². The van der Waals surface area contributed by atoms with Gasteiger partial charge >= 0.3 is 6.03 Å². The van der Waals surface area contributed by atoms with Crippen LogP contribution in [-0.2, 0) is 11.3 Å². The Bertz CT molecular complexity index is 563. The van der Waals surface area contributed by atoms with Gasteiger partial charge in [-0.2, -0.15) is 0 Å². The lowest BCUT2D eigenvalue weighted by Gasteiger charge is -2.20. The van der Waals surface area contributed by atoms with Gasteiger partial charge in [-0.3, -0.25) is 15.0 Å². The van der Waals surface area contributed by atoms with Crippen LogP contribution in [0.4, 0.5) is 4.79 Å². The minimum Gasteiger partial charge on any atom is -0.493 e. The molecule has 2 N–H and O–H groups in total. The van der Waals surface area contributed by atoms with E-state index in [9.17, 15) is 9.59 Å². The molecule has 0 saturated heterocycles. The molecule has 0 aliphatic heterocycles. The third kappa shape index (κ3) is 7.43. The average molecular weight is 351 g/mol. The second-order valence-electron chi connectivity index (χ2n) is 5.65. The van der Waals surface area contributed by atoms with Crippen LogP contribution in [0.25, 0.3) is 0 Å². The summed E-state index contributed by atoms with van der Waals surface area (Å²) in [6, 6.07) is 5.21. The second kappa shape index (κ2) is 11.3. The van der Waals surface area contributed by atoms with Gasteiger partial charge in [-0.15, -0.1) is 0 Å². The fourth-order valence-electron chi connectivity index (χ4n) is 2.31. The number of likely N-dealkylation sites (N-methyl/N-ethyl adjacent to an activating group) is 1. The van der Waals surface area contributed by atoms with E-state index in [1.54, 1.807) is 14.2 Å². The Morgan fingerprint density at radius 2 is 1.84 bits per heavy atom. The molecule has 0 saturated carbocycles. The minimum absolute atomic E-state index is 0.145. The number of carbonyl (C=O) groups excluding carboxylic acids is 2. The number of rotatable bonds is 10. The highest BCUT2D eigenvalue weighted by Gasteiger charge is 2.13. The van der Waals surface area contributed by atoms with E-state index in [4.69, 9.17) is 9.47 Å². The maximum absolute atomic E-state index is 12.0. The fraction of sp³-hybridized carbons (Fsp3) is 0.556. The molecule has 1 rings (SSSR count). The standard InChI is InChI=1S/C18H29N3O4/c1-5-7-10-19-18(23)20-17(22)13-21(6-2)12-14-8-9-15(24-3)16(11-14)25-4/h8-9,11H,5-7,10,12-13H2,1-4H3,(H2,19,20,22,23). The Morgan fingerprint density at radius 3 is 2.44 bits per heavy atom. The molecule has 0 fully saturated rings. The largest absolute Gasteiger partial charge is 0.493 e. The number of nitrogens with one attached hydrogen (secondary N) is 2. The Kier molecular flexibility index (Phi) is 9.39. The van der Waals surface area contributed by atoms with E-state index in [2.05, 4.69) is 10.6 Å². The highest BCUT2D eigenvalue weighted by Crippen LogP contribution is 2.27. The lowest BCUT2D eigenvalue weighted by Crippen LogP contribution is -2.44. The van der Waals surface area contributed by atoms with Gasteiger partial charge in [0.1, 0.15) is 0 Å². The number of methoxy groups -OCH3 is 2. The van der Waals surface area contributed by atoms with E-state index >= 15 is 0 Å². The molecule has 3 amide bonds. The van der Waals surface area contributed by atoms with Crippen LogP contribution in [0.5, 0.6) is 11.5 Å². The summed E-state index contributed by atoms with van der Waals surface area (Å²) in [6.07, 6.45) is 1.88. The van der Waals surface area contributed by atoms with E-state index in [1.807, 2.05) is 36.9 Å². The van der Waals surface area contributed by atoms with Gasteiger partial charge < -0.3 is 14.8 Å². The third-order valence-corrected chi connectivity index (χ3v) is 3.74. The van der Waals surface area contributed by atoms with Gasteiger partial charge in [-0.05, 0) is 30.7 Å². The molecule has 1 aromatic rings. The van der Waals surface area contributed by atoms with Crippen LogP contribution in [0.15, 0.2) is 18.2 Å². The van der Waals surface area contributed by atoms with Crippen LogP contribution >= 0.6 is 0 Å². The fourth-order valence-corrected chi connectivity index (χ4v) is 2.31. The quantitative estimate of drug-likeness (QED) is 0.632. The van der Waals surface area contributed by atoms with Crippen molar-refractivity contribution in [2.45, 2.75) is 33.2 Å². The van der Waals surface area contributed by atoms with E-state index in [0.29, 0.717) is 31.1 Å². The average Bonchev–Trinajstić information content (AvgIpc) is 2.61. The first-order valence-electron chi connectivity index (χ1n) is 8.54. The summed E-state index contributed by atoms with van der Waals surface area (Å²) in [7, 11) is 3.18. The summed E-state index contributed by atoms with van der Waals surface area (Å²) in [5, 5.41) is 5.02. The van der Waals surface area contributed by atoms with E-state index in [-0.39, 0.29) is 12.5 Å². The molecule has 0 bridgehead atoms. The van der Waals surface area contributed by atoms with Crippen molar-refractivity contribution in [3.63, 3.8) is 0 Å². The number of ether oxygens (including phenoxy) is 2. The molecule has 0 spiro atoms. The molecular weight excluding hydrogens is 322 g/mol. The highest BCUT2D eigenvalue weighted by atomic mass is 16.5. The molecule has 1 aromatic carbocycles. The molecule has 0 aliphatic rings. The number of imide groups is 1. The number of hydrogen-bond donors (Lipinski definition) is 2. The van der Waals surface area contributed by atoms with Crippen molar-refractivity contribution in [1.82, 2.24) is 15.5 Å². The van der Waals surface area contributed by atoms with E-state index < -0.39 is 6.03 Å². The zero-order valence-electron chi connectivity index (χ0n) is 15.6. The molecule has 0 heterocycles. The number of hydrogen-bond acceptors (Lipinski definition) is 5. The van der Waals surface area contributed by atoms with Crippen molar-refractivity contribution < 1.29 is 19.1 Å². The maximum atomic E-state index is 12.0. The van der Waals surface area contributed by atoms with Crippen LogP contribution in [0.1, 0.15) is 32.3 Å². The number of urea groups is 1. The van der Waals surface area contributed by atoms with Gasteiger partial charge in [-0.25, -0.2) is 4.79 Å². The minimum atomic E-state index is -0.444. The first-order chi connectivity index (χ1) is 12.0. The highest BCUT2D eigenvalue weighted by molar-refractivity contribution is 5.95. The molecular formula is C18H29N3O4. The van der Waals surface area contributed by atoms with Crippen molar-refractivity contribution in [3.05, 3.63) is 23.8 Å². The Morgan fingerprint density at radius 1 is 1.12 bits per heavy atom. The van der Waals surface area contributed by atoms with Crippen LogP contribution in [0.2, 0.25) is 0 Å². The first kappa shape index (κ1) is 20.8. The SMILES string of the molecule is CCCCNC(=O)NC(=O)CN(CC)Cc1ccc(OC)c(OC)c1. The van der Waals surface area contributed by atoms with Crippen LogP contribution in [-0.4, -0.2) is 50.7 Å². The smallest absolute Gasteiger partial charge is 0.321 e. The van der Waals surface area contributed by atoms with Gasteiger partial charge in [-0.1, -0.05) is 26.3 Å². The normalized spacial score (nSPS) is 10.4. The van der Waals surface area contributed by atoms with Crippen molar-refractivity contribution in [2.24, 2.45) is 0 Å². The Balaban J connectivity index is 2.56. The lowest BCUT2D eigenvalue weighted by atomic mass is 10.2. The molecule has 0 radical (unpaired) electrons. The summed E-state index contributed by atoms with van der Waals surface area (Å²) in [6.45, 7) is 5.97. The summed E-state index contributed by atoms with van der Waals surface area (Å²) < 4.78 is 10.5. The van der Waals surface area contributed by atoms with Crippen molar-refractivity contribution in [3.8, 4) is 11.5 Å². The summed E-state index contributed by atoms with van der Waals surface area (Å²) >= 11 is 0. The van der Waals surface area contributed by atoms with Gasteiger partial charge in [0.05, 0.1) is 20.8 Å². The van der Waals surface area contributed by atoms with E-state index in [1.165, 1.54) is 0 Å². The molecule has 0 atom stereocenters. The maximum Gasteiger partial charge on any atom is 0.321 e. The Labute approximate surface area is 149 Å². The Hall–Kier alpha value is -2.28. The van der Waals surface area contributed by atoms with Gasteiger partial charge in [0, 0.05) is 13.1 Å². The number of benzene rings is 1. The monoisotopic (exact) mass is 351 g/mol. The molecule has 25 heavy (non-hydrogen) atoms. The molecule has 0 unspecified atom stereocenters. The van der Waals surface area contributed by atoms with Crippen molar-refractivity contribution >= 4 is 11.9 Å². The number of carbonyl (C=O) groups is 2. The van der Waals surface area contributed by atoms with Gasteiger partial charge in [0.15, 0.2) is 11.5 Å². The van der Waals surface area contributed by atoms with Crippen LogP contribution < -0.4 is 20.1 Å². The van der Waals surface area contributed by atoms with Crippen LogP contribution in [0, 0.1) is 0 Å². The zero-order valence-corrected chi connectivity index (χ0v) is 15.6. The number of unbranched alkanes of at least 4 members (excludes halogenated alkanes) is 1.